The van der Waals surface area contributed by atoms with Crippen LogP contribution in [0.25, 0.3) is 11.3 Å². The standard InChI is InChI=1S/C16H16N2S.C4H4O4/c1-2-6-13-12(5-1)9-14-16(13)18-15(19-14)8-11-4-3-7-17-10-11;5-3(6)1-2-4(7)8/h1-2,4-6,17H,3,7-10H2;1-2H,(H,5,6)(H,7,8)/b;2-1+. The number of aliphatic carboxylic acids is 2. The zero-order chi connectivity index (χ0) is 19.2. The van der Waals surface area contributed by atoms with Crippen molar-refractivity contribution in [2.24, 2.45) is 0 Å². The van der Waals surface area contributed by atoms with Crippen LogP contribution in [0.3, 0.4) is 0 Å². The van der Waals surface area contributed by atoms with Crippen LogP contribution in [0, 0.1) is 0 Å². The minimum Gasteiger partial charge on any atom is -0.478 e. The Labute approximate surface area is 160 Å². The molecule has 1 aromatic carbocycles. The summed E-state index contributed by atoms with van der Waals surface area (Å²) < 4.78 is 0. The highest BCUT2D eigenvalue weighted by molar-refractivity contribution is 7.12. The topological polar surface area (TPSA) is 99.5 Å². The largest absolute Gasteiger partial charge is 0.478 e. The highest BCUT2D eigenvalue weighted by Gasteiger charge is 2.22. The molecule has 2 heterocycles. The van der Waals surface area contributed by atoms with Crippen LogP contribution in [-0.2, 0) is 22.4 Å². The lowest BCUT2D eigenvalue weighted by molar-refractivity contribution is -0.134. The van der Waals surface area contributed by atoms with Crippen LogP contribution in [-0.4, -0.2) is 40.2 Å². The molecule has 7 heteroatoms. The van der Waals surface area contributed by atoms with Gasteiger partial charge in [0.15, 0.2) is 0 Å². The molecular weight excluding hydrogens is 364 g/mol. The van der Waals surface area contributed by atoms with Crippen LogP contribution in [0.2, 0.25) is 0 Å². The third kappa shape index (κ3) is 5.12. The number of rotatable bonds is 4. The van der Waals surface area contributed by atoms with Gasteiger partial charge in [-0.3, -0.25) is 0 Å². The molecule has 1 aliphatic carbocycles. The van der Waals surface area contributed by atoms with Gasteiger partial charge in [0.25, 0.3) is 0 Å². The van der Waals surface area contributed by atoms with Crippen LogP contribution in [0.5, 0.6) is 0 Å². The van der Waals surface area contributed by atoms with Gasteiger partial charge in [-0.2, -0.15) is 0 Å². The summed E-state index contributed by atoms with van der Waals surface area (Å²) in [5.74, 6) is -2.51. The summed E-state index contributed by atoms with van der Waals surface area (Å²) in [4.78, 5) is 25.4. The Hall–Kier alpha value is -2.77. The summed E-state index contributed by atoms with van der Waals surface area (Å²) in [5, 5.41) is 20.3. The van der Waals surface area contributed by atoms with Gasteiger partial charge in [-0.15, -0.1) is 11.3 Å². The zero-order valence-corrected chi connectivity index (χ0v) is 15.5. The van der Waals surface area contributed by atoms with Crippen LogP contribution in [0.1, 0.15) is 21.9 Å². The quantitative estimate of drug-likeness (QED) is 0.472. The molecule has 0 radical (unpaired) electrons. The summed E-state index contributed by atoms with van der Waals surface area (Å²) in [7, 11) is 0. The average molecular weight is 384 g/mol. The number of fused-ring (bicyclic) bond motifs is 3. The number of thiazole rings is 1. The Kier molecular flexibility index (Phi) is 6.16. The normalized spacial score (nSPS) is 14.7. The van der Waals surface area contributed by atoms with E-state index >= 15 is 0 Å². The maximum atomic E-state index is 9.55. The summed E-state index contributed by atoms with van der Waals surface area (Å²) in [6.45, 7) is 2.14. The van der Waals surface area contributed by atoms with Crippen molar-refractivity contribution in [3.63, 3.8) is 0 Å². The predicted molar refractivity (Wildman–Crippen MR) is 104 cm³/mol. The molecule has 1 aliphatic heterocycles. The van der Waals surface area contributed by atoms with Crippen molar-refractivity contribution in [3.8, 4) is 11.3 Å². The number of carboxylic acid groups (broad SMARTS) is 2. The van der Waals surface area contributed by atoms with Crippen LogP contribution >= 0.6 is 11.3 Å². The van der Waals surface area contributed by atoms with E-state index in [0.29, 0.717) is 12.2 Å². The van der Waals surface area contributed by atoms with E-state index in [1.54, 1.807) is 0 Å². The van der Waals surface area contributed by atoms with Gasteiger partial charge in [-0.05, 0) is 18.5 Å². The molecule has 2 aromatic rings. The van der Waals surface area contributed by atoms with Crippen LogP contribution in [0.15, 0.2) is 48.1 Å². The molecular formula is C20H20N2O4S. The van der Waals surface area contributed by atoms with E-state index < -0.39 is 11.9 Å². The Morgan fingerprint density at radius 2 is 1.93 bits per heavy atom. The summed E-state index contributed by atoms with van der Waals surface area (Å²) >= 11 is 1.89. The van der Waals surface area contributed by atoms with Gasteiger partial charge in [0.05, 0.1) is 10.7 Å². The first kappa shape index (κ1) is 19.0. The highest BCUT2D eigenvalue weighted by Crippen LogP contribution is 2.39. The molecule has 0 atom stereocenters. The van der Waals surface area contributed by atoms with Gasteiger partial charge in [0.1, 0.15) is 0 Å². The first-order valence-corrected chi connectivity index (χ1v) is 9.44. The maximum absolute atomic E-state index is 9.55. The number of nitrogens with one attached hydrogen (secondary N) is 1. The Morgan fingerprint density at radius 1 is 1.19 bits per heavy atom. The highest BCUT2D eigenvalue weighted by atomic mass is 32.1. The summed E-state index contributed by atoms with van der Waals surface area (Å²) in [6.07, 6.45) is 6.73. The maximum Gasteiger partial charge on any atom is 0.328 e. The van der Waals surface area contributed by atoms with Gasteiger partial charge in [-0.25, -0.2) is 14.6 Å². The van der Waals surface area contributed by atoms with Crippen molar-refractivity contribution in [1.29, 1.82) is 0 Å². The zero-order valence-electron chi connectivity index (χ0n) is 14.6. The molecule has 0 saturated heterocycles. The third-order valence-corrected chi connectivity index (χ3v) is 5.27. The van der Waals surface area contributed by atoms with Crippen LogP contribution in [0.4, 0.5) is 0 Å². The fourth-order valence-corrected chi connectivity index (χ4v) is 4.21. The minimum absolute atomic E-state index is 0.558. The lowest BCUT2D eigenvalue weighted by Gasteiger charge is -2.12. The molecule has 0 saturated carbocycles. The molecule has 0 spiro atoms. The Morgan fingerprint density at radius 3 is 2.59 bits per heavy atom. The first-order chi connectivity index (χ1) is 13.0. The molecule has 2 aliphatic rings. The van der Waals surface area contributed by atoms with Gasteiger partial charge in [0, 0.05) is 42.0 Å². The SMILES string of the molecule is C1=C(Cc2nc3c(s2)Cc2ccccc2-3)CNCC1.O=C(O)/C=C/C(=O)O. The van der Waals surface area contributed by atoms with E-state index in [1.165, 1.54) is 32.3 Å². The Bertz CT molecular complexity index is 898. The van der Waals surface area contributed by atoms with Gasteiger partial charge in [-0.1, -0.05) is 35.9 Å². The monoisotopic (exact) mass is 384 g/mol. The third-order valence-electron chi connectivity index (χ3n) is 4.22. The summed E-state index contributed by atoms with van der Waals surface area (Å²) in [6, 6.07) is 8.65. The average Bonchev–Trinajstić information content (AvgIpc) is 3.18. The first-order valence-electron chi connectivity index (χ1n) is 8.62. The molecule has 140 valence electrons. The van der Waals surface area contributed by atoms with Gasteiger partial charge >= 0.3 is 11.9 Å². The van der Waals surface area contributed by atoms with Crippen molar-refractivity contribution in [3.05, 3.63) is 63.5 Å². The van der Waals surface area contributed by atoms with Crippen molar-refractivity contribution >= 4 is 23.3 Å². The smallest absolute Gasteiger partial charge is 0.328 e. The Balaban J connectivity index is 0.000000226. The van der Waals surface area contributed by atoms with Crippen molar-refractivity contribution in [1.82, 2.24) is 10.3 Å². The van der Waals surface area contributed by atoms with Crippen LogP contribution < -0.4 is 5.32 Å². The fraction of sp³-hybridized carbons (Fsp3) is 0.250. The van der Waals surface area contributed by atoms with E-state index in [1.807, 2.05) is 11.3 Å². The number of hydrogen-bond donors (Lipinski definition) is 3. The van der Waals surface area contributed by atoms with Crippen molar-refractivity contribution in [2.75, 3.05) is 13.1 Å². The van der Waals surface area contributed by atoms with E-state index in [4.69, 9.17) is 15.2 Å². The van der Waals surface area contributed by atoms with E-state index in [2.05, 4.69) is 35.7 Å². The predicted octanol–water partition coefficient (Wildman–Crippen LogP) is 2.89. The number of aromatic nitrogens is 1. The molecule has 1 aromatic heterocycles. The molecule has 27 heavy (non-hydrogen) atoms. The van der Waals surface area contributed by atoms with E-state index in [-0.39, 0.29) is 0 Å². The van der Waals surface area contributed by atoms with E-state index in [0.717, 1.165) is 32.4 Å². The van der Waals surface area contributed by atoms with Gasteiger partial charge in [0.2, 0.25) is 0 Å². The molecule has 0 fully saturated rings. The molecule has 0 unspecified atom stereocenters. The number of benzene rings is 1. The number of carbonyl (C=O) groups is 2. The molecule has 0 bridgehead atoms. The molecule has 3 N–H and O–H groups in total. The van der Waals surface area contributed by atoms with Crippen molar-refractivity contribution < 1.29 is 19.8 Å². The molecule has 4 rings (SSSR count). The number of nitrogens with zero attached hydrogens (tertiary/aromatic N) is 1. The number of hydrogen-bond acceptors (Lipinski definition) is 5. The van der Waals surface area contributed by atoms with Crippen molar-refractivity contribution in [2.45, 2.75) is 19.3 Å². The second kappa shape index (κ2) is 8.75. The van der Waals surface area contributed by atoms with E-state index in [9.17, 15) is 9.59 Å². The summed E-state index contributed by atoms with van der Waals surface area (Å²) in [5.41, 5.74) is 5.50. The van der Waals surface area contributed by atoms with Gasteiger partial charge < -0.3 is 15.5 Å². The minimum atomic E-state index is -1.26. The second-order valence-corrected chi connectivity index (χ2v) is 7.40. The number of carboxylic acids is 2. The molecule has 0 amide bonds. The fourth-order valence-electron chi connectivity index (χ4n) is 3.06. The molecule has 6 nitrogen and oxygen atoms in total. The lowest BCUT2D eigenvalue weighted by Crippen LogP contribution is -2.23. The lowest BCUT2D eigenvalue weighted by atomic mass is 10.1. The second-order valence-electron chi connectivity index (χ2n) is 6.23.